The predicted molar refractivity (Wildman–Crippen MR) is 81.4 cm³/mol. The standard InChI is InChI=1S/C16H20ClF2NO2/c1-15(2,3)22-14(21)20-10-16(18,19)9-13(20)8-11-4-6-12(17)7-5-11/h4-7,13H,8-10H2,1-3H3/t13-/m0/s1. The summed E-state index contributed by atoms with van der Waals surface area (Å²) in [6.07, 6.45) is -0.690. The van der Waals surface area contributed by atoms with Crippen molar-refractivity contribution >= 4 is 17.7 Å². The number of alkyl halides is 2. The van der Waals surface area contributed by atoms with Crippen molar-refractivity contribution in [2.45, 2.75) is 51.2 Å². The number of hydrogen-bond acceptors (Lipinski definition) is 2. The summed E-state index contributed by atoms with van der Waals surface area (Å²) in [6.45, 7) is 4.55. The number of nitrogens with zero attached hydrogens (tertiary/aromatic N) is 1. The van der Waals surface area contributed by atoms with E-state index in [1.807, 2.05) is 0 Å². The van der Waals surface area contributed by atoms with Crippen LogP contribution >= 0.6 is 11.6 Å². The topological polar surface area (TPSA) is 29.5 Å². The largest absolute Gasteiger partial charge is 0.444 e. The monoisotopic (exact) mass is 331 g/mol. The van der Waals surface area contributed by atoms with Gasteiger partial charge in [0.1, 0.15) is 5.60 Å². The fraction of sp³-hybridized carbons (Fsp3) is 0.562. The Morgan fingerprint density at radius 2 is 1.95 bits per heavy atom. The van der Waals surface area contributed by atoms with Gasteiger partial charge >= 0.3 is 6.09 Å². The average Bonchev–Trinajstić information content (AvgIpc) is 2.65. The Hall–Kier alpha value is -1.36. The number of benzene rings is 1. The molecule has 0 saturated carbocycles. The zero-order chi connectivity index (χ0) is 16.5. The van der Waals surface area contributed by atoms with Gasteiger partial charge < -0.3 is 4.74 Å². The van der Waals surface area contributed by atoms with Crippen molar-refractivity contribution in [3.63, 3.8) is 0 Å². The van der Waals surface area contributed by atoms with Crippen LogP contribution in [-0.4, -0.2) is 35.1 Å². The number of likely N-dealkylation sites (tertiary alicyclic amines) is 1. The minimum absolute atomic E-state index is 0.352. The Balaban J connectivity index is 2.12. The first-order valence-electron chi connectivity index (χ1n) is 7.18. The van der Waals surface area contributed by atoms with Gasteiger partial charge in [0.05, 0.1) is 6.54 Å². The molecule has 6 heteroatoms. The summed E-state index contributed by atoms with van der Waals surface area (Å²) >= 11 is 5.82. The number of carbonyl (C=O) groups excluding carboxylic acids is 1. The van der Waals surface area contributed by atoms with E-state index in [1.165, 1.54) is 0 Å². The summed E-state index contributed by atoms with van der Waals surface area (Å²) in [5, 5.41) is 0.588. The van der Waals surface area contributed by atoms with Crippen LogP contribution in [-0.2, 0) is 11.2 Å². The summed E-state index contributed by atoms with van der Waals surface area (Å²) in [5.41, 5.74) is 0.153. The molecule has 1 aliphatic rings. The average molecular weight is 332 g/mol. The van der Waals surface area contributed by atoms with Crippen molar-refractivity contribution in [3.05, 3.63) is 34.9 Å². The molecule has 0 bridgehead atoms. The Bertz CT molecular complexity index is 540. The van der Waals surface area contributed by atoms with Gasteiger partial charge in [-0.25, -0.2) is 13.6 Å². The van der Waals surface area contributed by atoms with Crippen molar-refractivity contribution < 1.29 is 18.3 Å². The molecule has 0 aliphatic carbocycles. The minimum Gasteiger partial charge on any atom is -0.444 e. The summed E-state index contributed by atoms with van der Waals surface area (Å²) in [5.74, 6) is -2.88. The molecule has 0 radical (unpaired) electrons. The smallest absolute Gasteiger partial charge is 0.410 e. The van der Waals surface area contributed by atoms with E-state index in [2.05, 4.69) is 0 Å². The fourth-order valence-corrected chi connectivity index (χ4v) is 2.63. The van der Waals surface area contributed by atoms with Crippen LogP contribution in [0, 0.1) is 0 Å². The number of carbonyl (C=O) groups is 1. The Kier molecular flexibility index (Phi) is 4.66. The van der Waals surface area contributed by atoms with E-state index in [9.17, 15) is 13.6 Å². The van der Waals surface area contributed by atoms with Crippen molar-refractivity contribution in [2.24, 2.45) is 0 Å². The SMILES string of the molecule is CC(C)(C)OC(=O)N1CC(F)(F)C[C@@H]1Cc1ccc(Cl)cc1. The summed E-state index contributed by atoms with van der Waals surface area (Å²) < 4.78 is 32.7. The molecule has 1 fully saturated rings. The first-order chi connectivity index (χ1) is 10.1. The van der Waals surface area contributed by atoms with Gasteiger partial charge in [0.2, 0.25) is 0 Å². The number of rotatable bonds is 2. The highest BCUT2D eigenvalue weighted by Gasteiger charge is 2.48. The van der Waals surface area contributed by atoms with Crippen LogP contribution in [0.15, 0.2) is 24.3 Å². The summed E-state index contributed by atoms with van der Waals surface area (Å²) in [6, 6.07) is 6.41. The van der Waals surface area contributed by atoms with Crippen LogP contribution in [0.2, 0.25) is 5.02 Å². The Labute approximate surface area is 134 Å². The molecular weight excluding hydrogens is 312 g/mol. The summed E-state index contributed by atoms with van der Waals surface area (Å²) in [7, 11) is 0. The van der Waals surface area contributed by atoms with E-state index >= 15 is 0 Å². The molecule has 0 spiro atoms. The number of ether oxygens (including phenoxy) is 1. The van der Waals surface area contributed by atoms with Gasteiger partial charge in [0, 0.05) is 17.5 Å². The van der Waals surface area contributed by atoms with E-state index < -0.39 is 30.2 Å². The highest BCUT2D eigenvalue weighted by Crippen LogP contribution is 2.34. The summed E-state index contributed by atoms with van der Waals surface area (Å²) in [4.78, 5) is 13.3. The Morgan fingerprint density at radius 3 is 2.50 bits per heavy atom. The van der Waals surface area contributed by atoms with Crippen molar-refractivity contribution in [3.8, 4) is 0 Å². The minimum atomic E-state index is -2.88. The molecule has 1 aromatic rings. The fourth-order valence-electron chi connectivity index (χ4n) is 2.51. The predicted octanol–water partition coefficient (Wildman–Crippen LogP) is 4.53. The maximum atomic E-state index is 13.7. The normalized spacial score (nSPS) is 21.0. The number of hydrogen-bond donors (Lipinski definition) is 0. The van der Waals surface area contributed by atoms with Crippen LogP contribution < -0.4 is 0 Å². The molecule has 1 aromatic carbocycles. The lowest BCUT2D eigenvalue weighted by Crippen LogP contribution is -2.41. The van der Waals surface area contributed by atoms with E-state index in [-0.39, 0.29) is 6.42 Å². The molecule has 1 amide bonds. The number of halogens is 3. The van der Waals surface area contributed by atoms with E-state index in [1.54, 1.807) is 45.0 Å². The van der Waals surface area contributed by atoms with Crippen LogP contribution in [0.25, 0.3) is 0 Å². The third-order valence-electron chi connectivity index (χ3n) is 3.39. The highest BCUT2D eigenvalue weighted by atomic mass is 35.5. The third kappa shape index (κ3) is 4.57. The number of amides is 1. The maximum absolute atomic E-state index is 13.7. The highest BCUT2D eigenvalue weighted by molar-refractivity contribution is 6.30. The molecule has 0 unspecified atom stereocenters. The van der Waals surface area contributed by atoms with Crippen LogP contribution in [0.1, 0.15) is 32.8 Å². The van der Waals surface area contributed by atoms with Crippen molar-refractivity contribution in [2.75, 3.05) is 6.54 Å². The Morgan fingerprint density at radius 1 is 1.36 bits per heavy atom. The second-order valence-electron chi connectivity index (χ2n) is 6.65. The van der Waals surface area contributed by atoms with E-state index in [0.717, 1.165) is 10.5 Å². The molecule has 22 heavy (non-hydrogen) atoms. The van der Waals surface area contributed by atoms with Crippen molar-refractivity contribution in [1.29, 1.82) is 0 Å². The second-order valence-corrected chi connectivity index (χ2v) is 7.09. The first kappa shape index (κ1) is 17.0. The maximum Gasteiger partial charge on any atom is 0.410 e. The molecule has 1 heterocycles. The molecule has 0 aromatic heterocycles. The zero-order valence-electron chi connectivity index (χ0n) is 12.9. The molecular formula is C16H20ClF2NO2. The molecule has 1 saturated heterocycles. The molecule has 1 aliphatic heterocycles. The third-order valence-corrected chi connectivity index (χ3v) is 3.64. The van der Waals surface area contributed by atoms with Crippen molar-refractivity contribution in [1.82, 2.24) is 4.90 Å². The van der Waals surface area contributed by atoms with Gasteiger partial charge in [-0.3, -0.25) is 4.90 Å². The van der Waals surface area contributed by atoms with Gasteiger partial charge in [0.25, 0.3) is 5.92 Å². The van der Waals surface area contributed by atoms with Crippen LogP contribution in [0.5, 0.6) is 0 Å². The van der Waals surface area contributed by atoms with Crippen LogP contribution in [0.3, 0.4) is 0 Å². The van der Waals surface area contributed by atoms with Gasteiger partial charge in [-0.15, -0.1) is 0 Å². The lowest BCUT2D eigenvalue weighted by Gasteiger charge is -2.28. The molecule has 122 valence electrons. The quantitative estimate of drug-likeness (QED) is 0.797. The lowest BCUT2D eigenvalue weighted by molar-refractivity contribution is -0.00241. The zero-order valence-corrected chi connectivity index (χ0v) is 13.7. The van der Waals surface area contributed by atoms with E-state index in [4.69, 9.17) is 16.3 Å². The van der Waals surface area contributed by atoms with E-state index in [0.29, 0.717) is 11.4 Å². The van der Waals surface area contributed by atoms with Gasteiger partial charge in [0.15, 0.2) is 0 Å². The molecule has 0 N–H and O–H groups in total. The molecule has 2 rings (SSSR count). The van der Waals surface area contributed by atoms with Gasteiger partial charge in [-0.2, -0.15) is 0 Å². The molecule has 1 atom stereocenters. The second kappa shape index (κ2) is 6.03. The molecule has 3 nitrogen and oxygen atoms in total. The first-order valence-corrected chi connectivity index (χ1v) is 7.55. The lowest BCUT2D eigenvalue weighted by atomic mass is 10.0. The van der Waals surface area contributed by atoms with Gasteiger partial charge in [-0.05, 0) is 44.9 Å². The van der Waals surface area contributed by atoms with Gasteiger partial charge in [-0.1, -0.05) is 23.7 Å². The van der Waals surface area contributed by atoms with Crippen LogP contribution in [0.4, 0.5) is 13.6 Å².